The van der Waals surface area contributed by atoms with Crippen LogP contribution in [0, 0.1) is 5.82 Å². The van der Waals surface area contributed by atoms with Crippen molar-refractivity contribution >= 4 is 10.0 Å². The zero-order valence-electron chi connectivity index (χ0n) is 8.01. The molecule has 0 radical (unpaired) electrons. The Morgan fingerprint density at radius 2 is 2.27 bits per heavy atom. The predicted molar refractivity (Wildman–Crippen MR) is 51.1 cm³/mol. The highest BCUT2D eigenvalue weighted by molar-refractivity contribution is 7.89. The highest BCUT2D eigenvalue weighted by atomic mass is 32.2. The van der Waals surface area contributed by atoms with Gasteiger partial charge in [0.1, 0.15) is 10.7 Å². The molecule has 1 aromatic heterocycles. The Morgan fingerprint density at radius 1 is 1.60 bits per heavy atom. The Morgan fingerprint density at radius 3 is 2.80 bits per heavy atom. The first kappa shape index (κ1) is 12.0. The first-order valence-electron chi connectivity index (χ1n) is 4.19. The molecule has 2 N–H and O–H groups in total. The molecule has 0 bridgehead atoms. The van der Waals surface area contributed by atoms with Crippen LogP contribution in [0.2, 0.25) is 0 Å². The van der Waals surface area contributed by atoms with Crippen molar-refractivity contribution in [3.05, 3.63) is 24.3 Å². The Labute approximate surface area is 87.0 Å². The van der Waals surface area contributed by atoms with E-state index in [-0.39, 0.29) is 11.5 Å². The van der Waals surface area contributed by atoms with Crippen LogP contribution in [0.25, 0.3) is 0 Å². The van der Waals surface area contributed by atoms with Crippen LogP contribution in [0.4, 0.5) is 4.39 Å². The molecule has 84 valence electrons. The fraction of sp³-hybridized carbons (Fsp3) is 0.375. The van der Waals surface area contributed by atoms with Crippen LogP contribution < -0.4 is 4.72 Å². The maximum Gasteiger partial charge on any atom is 0.242 e. The van der Waals surface area contributed by atoms with Crippen LogP contribution in [0.1, 0.15) is 6.92 Å². The van der Waals surface area contributed by atoms with Gasteiger partial charge in [-0.15, -0.1) is 0 Å². The topological polar surface area (TPSA) is 79.3 Å². The molecule has 15 heavy (non-hydrogen) atoms. The molecule has 0 aliphatic heterocycles. The first-order chi connectivity index (χ1) is 6.95. The second-order valence-corrected chi connectivity index (χ2v) is 4.76. The molecule has 0 unspecified atom stereocenters. The van der Waals surface area contributed by atoms with Gasteiger partial charge < -0.3 is 5.11 Å². The van der Waals surface area contributed by atoms with Crippen LogP contribution in [0.5, 0.6) is 0 Å². The zero-order valence-corrected chi connectivity index (χ0v) is 8.83. The Balaban J connectivity index is 2.96. The number of sulfonamides is 1. The fourth-order valence-electron chi connectivity index (χ4n) is 0.910. The molecule has 0 spiro atoms. The molecule has 0 aromatic carbocycles. The van der Waals surface area contributed by atoms with E-state index in [9.17, 15) is 12.8 Å². The van der Waals surface area contributed by atoms with Gasteiger partial charge in [-0.3, -0.25) is 4.98 Å². The lowest BCUT2D eigenvalue weighted by molar-refractivity contribution is 0.265. The summed E-state index contributed by atoms with van der Waals surface area (Å²) in [5.41, 5.74) is 0. The second-order valence-electron chi connectivity index (χ2n) is 3.04. The first-order valence-corrected chi connectivity index (χ1v) is 5.68. The Bertz CT molecular complexity index is 435. The Kier molecular flexibility index (Phi) is 3.72. The van der Waals surface area contributed by atoms with E-state index in [4.69, 9.17) is 5.11 Å². The summed E-state index contributed by atoms with van der Waals surface area (Å²) in [5.74, 6) is -0.727. The van der Waals surface area contributed by atoms with Gasteiger partial charge in [-0.1, -0.05) is 0 Å². The maximum atomic E-state index is 12.7. The van der Waals surface area contributed by atoms with E-state index < -0.39 is 21.9 Å². The minimum Gasteiger partial charge on any atom is -0.395 e. The van der Waals surface area contributed by atoms with Crippen molar-refractivity contribution in [3.8, 4) is 0 Å². The van der Waals surface area contributed by atoms with Gasteiger partial charge in [0.15, 0.2) is 0 Å². The van der Waals surface area contributed by atoms with Gasteiger partial charge >= 0.3 is 0 Å². The number of rotatable bonds is 4. The quantitative estimate of drug-likeness (QED) is 0.761. The van der Waals surface area contributed by atoms with Crippen LogP contribution >= 0.6 is 0 Å². The molecule has 7 heteroatoms. The molecule has 1 heterocycles. The second kappa shape index (κ2) is 4.65. The van der Waals surface area contributed by atoms with E-state index in [1.807, 2.05) is 0 Å². The van der Waals surface area contributed by atoms with Gasteiger partial charge in [-0.25, -0.2) is 17.5 Å². The molecule has 0 saturated heterocycles. The number of hydrogen-bond acceptors (Lipinski definition) is 4. The average molecular weight is 234 g/mol. The SMILES string of the molecule is C[C@H](CO)NS(=O)(=O)c1cncc(F)c1. The van der Waals surface area contributed by atoms with E-state index in [0.29, 0.717) is 0 Å². The van der Waals surface area contributed by atoms with E-state index in [1.54, 1.807) is 0 Å². The summed E-state index contributed by atoms with van der Waals surface area (Å²) in [6.07, 6.45) is 1.95. The fourth-order valence-corrected chi connectivity index (χ4v) is 2.12. The number of hydrogen-bond donors (Lipinski definition) is 2. The molecule has 1 aromatic rings. The monoisotopic (exact) mass is 234 g/mol. The van der Waals surface area contributed by atoms with Gasteiger partial charge in [0.2, 0.25) is 10.0 Å². The van der Waals surface area contributed by atoms with Crippen LogP contribution in [-0.4, -0.2) is 31.2 Å². The largest absolute Gasteiger partial charge is 0.395 e. The summed E-state index contributed by atoms with van der Waals surface area (Å²) >= 11 is 0. The lowest BCUT2D eigenvalue weighted by Crippen LogP contribution is -2.35. The van der Waals surface area contributed by atoms with E-state index in [0.717, 1.165) is 18.5 Å². The number of pyridine rings is 1. The predicted octanol–water partition coefficient (Wildman–Crippen LogP) is -0.120. The standard InChI is InChI=1S/C8H11FN2O3S/c1-6(5-12)11-15(13,14)8-2-7(9)3-10-4-8/h2-4,6,11-12H,5H2,1H3/t6-/m1/s1. The van der Waals surface area contributed by atoms with E-state index in [1.165, 1.54) is 6.92 Å². The molecule has 1 atom stereocenters. The molecule has 5 nitrogen and oxygen atoms in total. The van der Waals surface area contributed by atoms with Crippen LogP contribution in [-0.2, 0) is 10.0 Å². The zero-order chi connectivity index (χ0) is 11.5. The van der Waals surface area contributed by atoms with Gasteiger partial charge in [0, 0.05) is 12.2 Å². The number of nitrogens with one attached hydrogen (secondary N) is 1. The van der Waals surface area contributed by atoms with E-state index >= 15 is 0 Å². The van der Waals surface area contributed by atoms with Crippen molar-refractivity contribution in [1.29, 1.82) is 0 Å². The van der Waals surface area contributed by atoms with Crippen LogP contribution in [0.3, 0.4) is 0 Å². The molecule has 0 amide bonds. The van der Waals surface area contributed by atoms with Gasteiger partial charge in [0.25, 0.3) is 0 Å². The number of aromatic nitrogens is 1. The molecule has 0 aliphatic carbocycles. The lowest BCUT2D eigenvalue weighted by Gasteiger charge is -2.10. The molecule has 0 saturated carbocycles. The summed E-state index contributed by atoms with van der Waals surface area (Å²) in [6.45, 7) is 1.16. The lowest BCUT2D eigenvalue weighted by atomic mass is 10.4. The maximum absolute atomic E-state index is 12.7. The highest BCUT2D eigenvalue weighted by Gasteiger charge is 2.17. The van der Waals surface area contributed by atoms with Gasteiger partial charge in [-0.2, -0.15) is 0 Å². The summed E-state index contributed by atoms with van der Waals surface area (Å²) in [6, 6.07) is 0.234. The summed E-state index contributed by atoms with van der Waals surface area (Å²) in [7, 11) is -3.81. The van der Waals surface area contributed by atoms with Crippen molar-refractivity contribution in [1.82, 2.24) is 9.71 Å². The molecular weight excluding hydrogens is 223 g/mol. The van der Waals surface area contributed by atoms with Gasteiger partial charge in [-0.05, 0) is 13.0 Å². The van der Waals surface area contributed by atoms with Gasteiger partial charge in [0.05, 0.1) is 12.8 Å². The van der Waals surface area contributed by atoms with Crippen molar-refractivity contribution in [2.45, 2.75) is 17.9 Å². The minimum atomic E-state index is -3.81. The normalized spacial score (nSPS) is 13.8. The smallest absolute Gasteiger partial charge is 0.242 e. The average Bonchev–Trinajstić information content (AvgIpc) is 2.17. The molecule has 0 aliphatic rings. The van der Waals surface area contributed by atoms with Crippen molar-refractivity contribution in [2.24, 2.45) is 0 Å². The number of aliphatic hydroxyl groups is 1. The van der Waals surface area contributed by atoms with Crippen molar-refractivity contribution in [2.75, 3.05) is 6.61 Å². The molecule has 0 fully saturated rings. The number of halogens is 1. The van der Waals surface area contributed by atoms with Crippen molar-refractivity contribution in [3.63, 3.8) is 0 Å². The third-order valence-corrected chi connectivity index (χ3v) is 3.18. The summed E-state index contributed by atoms with van der Waals surface area (Å²) in [4.78, 5) is 3.17. The highest BCUT2D eigenvalue weighted by Crippen LogP contribution is 2.08. The number of nitrogens with zero attached hydrogens (tertiary/aromatic N) is 1. The van der Waals surface area contributed by atoms with E-state index in [2.05, 4.69) is 9.71 Å². The van der Waals surface area contributed by atoms with Crippen molar-refractivity contribution < 1.29 is 17.9 Å². The Hall–Kier alpha value is -1.05. The number of aliphatic hydroxyl groups excluding tert-OH is 1. The van der Waals surface area contributed by atoms with Crippen LogP contribution in [0.15, 0.2) is 23.4 Å². The molecular formula is C8H11FN2O3S. The summed E-state index contributed by atoms with van der Waals surface area (Å²) in [5, 5.41) is 8.68. The summed E-state index contributed by atoms with van der Waals surface area (Å²) < 4.78 is 37.9. The third-order valence-electron chi connectivity index (χ3n) is 1.62. The minimum absolute atomic E-state index is 0.261. The third kappa shape index (κ3) is 3.22. The molecule has 1 rings (SSSR count).